The van der Waals surface area contributed by atoms with Crippen molar-refractivity contribution >= 4 is 11.9 Å². The zero-order valence-corrected chi connectivity index (χ0v) is 11.4. The predicted molar refractivity (Wildman–Crippen MR) is 64.1 cm³/mol. The van der Waals surface area contributed by atoms with Crippen molar-refractivity contribution in [2.24, 2.45) is 14.1 Å². The van der Waals surface area contributed by atoms with Crippen molar-refractivity contribution in [3.8, 4) is 0 Å². The van der Waals surface area contributed by atoms with E-state index in [4.69, 9.17) is 10.2 Å². The van der Waals surface area contributed by atoms with Gasteiger partial charge in [-0.3, -0.25) is 0 Å². The van der Waals surface area contributed by atoms with Gasteiger partial charge in [0.05, 0.1) is 35.2 Å². The Labute approximate surface area is 106 Å². The first-order valence-corrected chi connectivity index (χ1v) is 5.30. The molecule has 1 rings (SSSR count). The number of aromatic carboxylic acids is 1. The van der Waals surface area contributed by atoms with Gasteiger partial charge in [-0.15, -0.1) is 0 Å². The van der Waals surface area contributed by atoms with Crippen LogP contribution in [-0.2, 0) is 18.9 Å². The number of imidazole rings is 1. The van der Waals surface area contributed by atoms with Crippen LogP contribution < -0.4 is 4.57 Å². The molecule has 7 heteroatoms. The van der Waals surface area contributed by atoms with Crippen molar-refractivity contribution in [2.75, 3.05) is 27.7 Å². The third kappa shape index (κ3) is 6.64. The minimum absolute atomic E-state index is 0.181. The van der Waals surface area contributed by atoms with Gasteiger partial charge in [0.2, 0.25) is 6.33 Å². The number of hydrogen-bond acceptors (Lipinski definition) is 2. The van der Waals surface area contributed by atoms with E-state index >= 15 is 0 Å². The van der Waals surface area contributed by atoms with E-state index in [0.29, 0.717) is 10.2 Å². The van der Waals surface area contributed by atoms with Gasteiger partial charge in [-0.2, -0.15) is 0 Å². The lowest BCUT2D eigenvalue weighted by Gasteiger charge is -2.20. The topological polar surface area (TPSA) is 83.4 Å². The van der Waals surface area contributed by atoms with E-state index in [1.807, 2.05) is 21.1 Å². The average molecular weight is 259 g/mol. The maximum absolute atomic E-state index is 10.4. The molecule has 0 bridgehead atoms. The molecule has 7 nitrogen and oxygen atoms in total. The summed E-state index contributed by atoms with van der Waals surface area (Å²) in [5.74, 6) is -1.65. The molecule has 0 fully saturated rings. The number of carboxylic acids is 2. The van der Waals surface area contributed by atoms with Gasteiger partial charge in [0.15, 0.2) is 6.54 Å². The maximum atomic E-state index is 10.4. The third-order valence-electron chi connectivity index (χ3n) is 1.89. The van der Waals surface area contributed by atoms with E-state index < -0.39 is 11.9 Å². The fourth-order valence-corrected chi connectivity index (χ4v) is 1.26. The molecular weight excluding hydrogens is 238 g/mol. The number of hydrogen-bond donors (Lipinski definition) is 2. The molecule has 0 spiro atoms. The fraction of sp³-hybridized carbons (Fsp3) is 0.545. The number of likely N-dealkylation sites (N-methyl/N-ethyl adjacent to an activating group) is 1. The van der Waals surface area contributed by atoms with Gasteiger partial charge in [0.1, 0.15) is 6.20 Å². The van der Waals surface area contributed by atoms with Crippen molar-refractivity contribution in [1.29, 1.82) is 0 Å². The normalized spacial score (nSPS) is 10.5. The van der Waals surface area contributed by atoms with Gasteiger partial charge >= 0.3 is 11.9 Å². The molecule has 102 valence electrons. The van der Waals surface area contributed by atoms with Gasteiger partial charge in [-0.05, 0) is 0 Å². The summed E-state index contributed by atoms with van der Waals surface area (Å²) in [5, 5.41) is 16.8. The Hall–Kier alpha value is -1.89. The molecule has 1 aromatic rings. The molecule has 2 N–H and O–H groups in total. The standard InChI is InChI=1S/C6H8N2O2.C5H11NO2/c1-7-3-5(6(9)10)8(2)4-7;1-6(2,3)4-5(7)8/h3-4H,1-2H3;4H2,1-3H3/p+2. The molecule has 0 saturated heterocycles. The minimum Gasteiger partial charge on any atom is -0.477 e. The number of carboxylic acid groups (broad SMARTS) is 2. The zero-order chi connectivity index (χ0) is 14.5. The molecule has 1 aromatic heterocycles. The predicted octanol–water partition coefficient (Wildman–Crippen LogP) is -0.675. The van der Waals surface area contributed by atoms with Gasteiger partial charge < -0.3 is 14.7 Å². The van der Waals surface area contributed by atoms with E-state index in [9.17, 15) is 9.59 Å². The number of nitrogens with zero attached hydrogens (tertiary/aromatic N) is 3. The molecule has 0 saturated carbocycles. The summed E-state index contributed by atoms with van der Waals surface area (Å²) in [6.45, 7) is 0.181. The van der Waals surface area contributed by atoms with Crippen molar-refractivity contribution in [3.63, 3.8) is 0 Å². The van der Waals surface area contributed by atoms with Gasteiger partial charge in [-0.1, -0.05) is 0 Å². The number of quaternary nitrogens is 1. The van der Waals surface area contributed by atoms with Gasteiger partial charge in [-0.25, -0.2) is 18.7 Å². The monoisotopic (exact) mass is 259 g/mol. The van der Waals surface area contributed by atoms with Crippen molar-refractivity contribution in [1.82, 2.24) is 4.57 Å². The second-order valence-electron chi connectivity index (χ2n) is 5.05. The highest BCUT2D eigenvalue weighted by molar-refractivity contribution is 5.83. The zero-order valence-electron chi connectivity index (χ0n) is 11.4. The van der Waals surface area contributed by atoms with Crippen LogP contribution in [0.15, 0.2) is 12.5 Å². The van der Waals surface area contributed by atoms with Crippen molar-refractivity contribution in [3.05, 3.63) is 18.2 Å². The number of aromatic nitrogens is 2. The van der Waals surface area contributed by atoms with Crippen LogP contribution in [0.1, 0.15) is 10.5 Å². The van der Waals surface area contributed by atoms with Crippen LogP contribution in [0.5, 0.6) is 0 Å². The van der Waals surface area contributed by atoms with E-state index in [0.717, 1.165) is 0 Å². The van der Waals surface area contributed by atoms with E-state index in [2.05, 4.69) is 0 Å². The number of carbonyl (C=O) groups is 2. The van der Waals surface area contributed by atoms with Crippen LogP contribution in [0.2, 0.25) is 0 Å². The molecule has 0 amide bonds. The Morgan fingerprint density at radius 1 is 1.33 bits per heavy atom. The lowest BCUT2D eigenvalue weighted by molar-refractivity contribution is -0.862. The van der Waals surface area contributed by atoms with E-state index in [-0.39, 0.29) is 6.54 Å². The lowest BCUT2D eigenvalue weighted by Crippen LogP contribution is -2.39. The first-order valence-electron chi connectivity index (χ1n) is 5.30. The highest BCUT2D eigenvalue weighted by Gasteiger charge is 2.14. The quantitative estimate of drug-likeness (QED) is 0.557. The molecule has 18 heavy (non-hydrogen) atoms. The summed E-state index contributed by atoms with van der Waals surface area (Å²) in [6.07, 6.45) is 3.26. The fourth-order valence-electron chi connectivity index (χ4n) is 1.26. The first-order chi connectivity index (χ1) is 8.03. The average Bonchev–Trinajstić information content (AvgIpc) is 2.41. The molecule has 0 radical (unpaired) electrons. The molecule has 0 aliphatic carbocycles. The van der Waals surface area contributed by atoms with Crippen molar-refractivity contribution in [2.45, 2.75) is 0 Å². The Morgan fingerprint density at radius 2 is 1.83 bits per heavy atom. The van der Waals surface area contributed by atoms with E-state index in [1.54, 1.807) is 35.8 Å². The number of rotatable bonds is 3. The van der Waals surface area contributed by atoms with Crippen LogP contribution in [0.25, 0.3) is 0 Å². The highest BCUT2D eigenvalue weighted by Crippen LogP contribution is 1.89. The Bertz CT molecular complexity index is 432. The molecule has 1 heterocycles. The number of aryl methyl sites for hydroxylation is 2. The number of aliphatic carboxylic acids is 1. The Kier molecular flexibility index (Phi) is 5.51. The molecule has 0 aromatic carbocycles. The molecule has 0 aliphatic rings. The van der Waals surface area contributed by atoms with Crippen LogP contribution in [0.4, 0.5) is 0 Å². The summed E-state index contributed by atoms with van der Waals surface area (Å²) in [7, 11) is 9.01. The maximum Gasteiger partial charge on any atom is 0.379 e. The molecule has 0 atom stereocenters. The summed E-state index contributed by atoms with van der Waals surface area (Å²) < 4.78 is 3.74. The Morgan fingerprint density at radius 3 is 1.94 bits per heavy atom. The summed E-state index contributed by atoms with van der Waals surface area (Å²) in [4.78, 5) is 20.4. The minimum atomic E-state index is -0.900. The van der Waals surface area contributed by atoms with Crippen LogP contribution in [0.3, 0.4) is 0 Å². The largest absolute Gasteiger partial charge is 0.477 e. The molecule has 0 unspecified atom stereocenters. The molecular formula is C11H21N3O4+2. The van der Waals surface area contributed by atoms with Gasteiger partial charge in [0.25, 0.3) is 5.69 Å². The lowest BCUT2D eigenvalue weighted by atomic mass is 10.5. The van der Waals surface area contributed by atoms with Gasteiger partial charge in [0, 0.05) is 0 Å². The summed E-state index contributed by atoms with van der Waals surface area (Å²) >= 11 is 0. The molecule has 0 aliphatic heterocycles. The SMILES string of the molecule is C[N+](C)(C)CC(=O)O.Cn1cc(C(=O)O)[n+](C)c1. The van der Waals surface area contributed by atoms with Crippen LogP contribution in [-0.4, -0.2) is 58.9 Å². The first kappa shape index (κ1) is 16.1. The van der Waals surface area contributed by atoms with Crippen LogP contribution in [0, 0.1) is 0 Å². The highest BCUT2D eigenvalue weighted by atomic mass is 16.4. The third-order valence-corrected chi connectivity index (χ3v) is 1.89. The smallest absolute Gasteiger partial charge is 0.379 e. The van der Waals surface area contributed by atoms with E-state index in [1.165, 1.54) is 0 Å². The summed E-state index contributed by atoms with van der Waals surface area (Å²) in [6, 6.07) is 0. The summed E-state index contributed by atoms with van der Waals surface area (Å²) in [5.41, 5.74) is 0.294. The van der Waals surface area contributed by atoms with Crippen LogP contribution >= 0.6 is 0 Å². The Balaban J connectivity index is 0.000000331. The second-order valence-corrected chi connectivity index (χ2v) is 5.05. The second kappa shape index (κ2) is 6.15. The van der Waals surface area contributed by atoms with Crippen molar-refractivity contribution < 1.29 is 28.9 Å².